The summed E-state index contributed by atoms with van der Waals surface area (Å²) < 4.78 is 15.9. The average Bonchev–Trinajstić information content (AvgIpc) is 2.74. The molecule has 7 heteroatoms. The minimum absolute atomic E-state index is 0.0943. The number of carbonyl (C=O) groups excluding carboxylic acids is 2. The van der Waals surface area contributed by atoms with Crippen molar-refractivity contribution in [3.63, 3.8) is 0 Å². The number of aryl methyl sites for hydroxylation is 2. The lowest BCUT2D eigenvalue weighted by Crippen LogP contribution is -2.41. The summed E-state index contributed by atoms with van der Waals surface area (Å²) in [7, 11) is 0. The number of nitrogens with one attached hydrogen (secondary N) is 1. The maximum absolute atomic E-state index is 12.4. The van der Waals surface area contributed by atoms with Gasteiger partial charge in [-0.05, 0) is 43.5 Å². The Morgan fingerprint density at radius 1 is 1.13 bits per heavy atom. The summed E-state index contributed by atoms with van der Waals surface area (Å²) in [5.74, 6) is -0.404. The molecule has 30 heavy (non-hydrogen) atoms. The molecule has 0 unspecified atom stereocenters. The molecule has 1 amide bonds. The molecule has 3 rings (SSSR count). The van der Waals surface area contributed by atoms with Crippen LogP contribution in [0.4, 0.5) is 4.79 Å². The summed E-state index contributed by atoms with van der Waals surface area (Å²) in [5.41, 5.74) is 2.16. The van der Waals surface area contributed by atoms with Crippen LogP contribution in [0.1, 0.15) is 30.5 Å². The normalized spacial score (nSPS) is 11.7. The summed E-state index contributed by atoms with van der Waals surface area (Å²) in [4.78, 5) is 36.2. The molecule has 0 saturated heterocycles. The molecule has 0 spiro atoms. The lowest BCUT2D eigenvalue weighted by molar-refractivity contribution is -0.136. The lowest BCUT2D eigenvalue weighted by Gasteiger charge is -2.15. The fourth-order valence-corrected chi connectivity index (χ4v) is 3.01. The predicted molar refractivity (Wildman–Crippen MR) is 111 cm³/mol. The third kappa shape index (κ3) is 4.86. The van der Waals surface area contributed by atoms with Gasteiger partial charge in [-0.2, -0.15) is 0 Å². The Morgan fingerprint density at radius 3 is 2.57 bits per heavy atom. The van der Waals surface area contributed by atoms with E-state index in [1.807, 2.05) is 37.3 Å². The Labute approximate surface area is 173 Å². The molecule has 1 N–H and O–H groups in total. The summed E-state index contributed by atoms with van der Waals surface area (Å²) in [5, 5.41) is 3.24. The van der Waals surface area contributed by atoms with Gasteiger partial charge in [-0.1, -0.05) is 37.3 Å². The van der Waals surface area contributed by atoms with Crippen LogP contribution in [0, 0.1) is 6.92 Å². The van der Waals surface area contributed by atoms with Crippen molar-refractivity contribution >= 4 is 23.0 Å². The quantitative estimate of drug-likeness (QED) is 0.377. The van der Waals surface area contributed by atoms with E-state index in [1.54, 1.807) is 19.1 Å². The Balaban J connectivity index is 1.66. The standard InChI is InChI=1S/C23H23NO6/c1-4-17-12-20(25)30-21-14(2)19(11-10-18(17)21)29-22(26)15(3)24-23(27)28-13-16-8-6-5-7-9-16/h5-12,15H,4,13H2,1-3H3,(H,24,27)/t15-/m0/s1. The minimum atomic E-state index is -0.933. The Hall–Kier alpha value is -3.61. The predicted octanol–water partition coefficient (Wildman–Crippen LogP) is 3.88. The van der Waals surface area contributed by atoms with Crippen LogP contribution in [-0.4, -0.2) is 18.1 Å². The highest BCUT2D eigenvalue weighted by Crippen LogP contribution is 2.28. The van der Waals surface area contributed by atoms with E-state index in [2.05, 4.69) is 5.32 Å². The van der Waals surface area contributed by atoms with Gasteiger partial charge in [0.1, 0.15) is 24.0 Å². The number of benzene rings is 2. The van der Waals surface area contributed by atoms with Gasteiger partial charge < -0.3 is 19.2 Å². The van der Waals surface area contributed by atoms with Crippen LogP contribution in [0.5, 0.6) is 5.75 Å². The molecule has 1 atom stereocenters. The van der Waals surface area contributed by atoms with Gasteiger partial charge in [-0.25, -0.2) is 14.4 Å². The van der Waals surface area contributed by atoms with Gasteiger partial charge in [0.05, 0.1) is 0 Å². The molecular weight excluding hydrogens is 386 g/mol. The zero-order valence-corrected chi connectivity index (χ0v) is 17.1. The number of fused-ring (bicyclic) bond motifs is 1. The van der Waals surface area contributed by atoms with Crippen molar-refractivity contribution in [2.75, 3.05) is 0 Å². The number of esters is 1. The molecule has 0 bridgehead atoms. The van der Waals surface area contributed by atoms with Crippen molar-refractivity contribution in [3.05, 3.63) is 75.6 Å². The Kier molecular flexibility index (Phi) is 6.51. The SMILES string of the molecule is CCc1cc(=O)oc2c(C)c(OC(=O)[C@H](C)NC(=O)OCc3ccccc3)ccc12. The Morgan fingerprint density at radius 2 is 1.87 bits per heavy atom. The van der Waals surface area contributed by atoms with E-state index < -0.39 is 23.7 Å². The first kappa shape index (κ1) is 21.1. The van der Waals surface area contributed by atoms with Gasteiger partial charge in [0.2, 0.25) is 0 Å². The molecule has 3 aromatic rings. The largest absolute Gasteiger partial charge is 0.445 e. The second kappa shape index (κ2) is 9.26. The molecule has 0 fully saturated rings. The second-order valence-corrected chi connectivity index (χ2v) is 6.86. The summed E-state index contributed by atoms with van der Waals surface area (Å²) in [6, 6.07) is 13.1. The molecule has 1 aromatic heterocycles. The van der Waals surface area contributed by atoms with E-state index in [4.69, 9.17) is 13.9 Å². The van der Waals surface area contributed by atoms with Crippen LogP contribution >= 0.6 is 0 Å². The lowest BCUT2D eigenvalue weighted by atomic mass is 10.0. The maximum Gasteiger partial charge on any atom is 0.408 e. The topological polar surface area (TPSA) is 94.8 Å². The van der Waals surface area contributed by atoms with E-state index in [-0.39, 0.29) is 12.4 Å². The van der Waals surface area contributed by atoms with Crippen LogP contribution in [0.2, 0.25) is 0 Å². The Bertz CT molecular complexity index is 1120. The third-order valence-electron chi connectivity index (χ3n) is 4.69. The van der Waals surface area contributed by atoms with Crippen LogP contribution < -0.4 is 15.7 Å². The molecular formula is C23H23NO6. The smallest absolute Gasteiger partial charge is 0.408 e. The van der Waals surface area contributed by atoms with E-state index in [9.17, 15) is 14.4 Å². The number of hydrogen-bond acceptors (Lipinski definition) is 6. The van der Waals surface area contributed by atoms with Crippen LogP contribution in [0.25, 0.3) is 11.0 Å². The van der Waals surface area contributed by atoms with Crippen LogP contribution in [0.15, 0.2) is 57.7 Å². The van der Waals surface area contributed by atoms with Gasteiger partial charge in [-0.3, -0.25) is 0 Å². The zero-order chi connectivity index (χ0) is 21.7. The molecule has 0 aliphatic carbocycles. The number of hydrogen-bond donors (Lipinski definition) is 1. The van der Waals surface area contributed by atoms with Crippen molar-refractivity contribution in [1.82, 2.24) is 5.32 Å². The molecule has 0 aliphatic rings. The fraction of sp³-hybridized carbons (Fsp3) is 0.261. The molecule has 0 radical (unpaired) electrons. The highest BCUT2D eigenvalue weighted by molar-refractivity contribution is 5.87. The van der Waals surface area contributed by atoms with Gasteiger partial charge in [0.15, 0.2) is 0 Å². The monoisotopic (exact) mass is 409 g/mol. The number of alkyl carbamates (subject to hydrolysis) is 1. The fourth-order valence-electron chi connectivity index (χ4n) is 3.01. The summed E-state index contributed by atoms with van der Waals surface area (Å²) >= 11 is 0. The van der Waals surface area contributed by atoms with Crippen LogP contribution in [-0.2, 0) is 22.6 Å². The maximum atomic E-state index is 12.4. The van der Waals surface area contributed by atoms with Crippen LogP contribution in [0.3, 0.4) is 0 Å². The third-order valence-corrected chi connectivity index (χ3v) is 4.69. The molecule has 7 nitrogen and oxygen atoms in total. The van der Waals surface area contributed by atoms with Gasteiger partial charge >= 0.3 is 17.7 Å². The summed E-state index contributed by atoms with van der Waals surface area (Å²) in [6.45, 7) is 5.25. The highest BCUT2D eigenvalue weighted by atomic mass is 16.6. The van der Waals surface area contributed by atoms with Crippen molar-refractivity contribution in [2.45, 2.75) is 39.8 Å². The van der Waals surface area contributed by atoms with E-state index in [0.717, 1.165) is 16.5 Å². The first-order valence-corrected chi connectivity index (χ1v) is 9.64. The number of ether oxygens (including phenoxy) is 2. The molecule has 156 valence electrons. The van der Waals surface area contributed by atoms with Crippen molar-refractivity contribution in [1.29, 1.82) is 0 Å². The number of rotatable bonds is 6. The number of carbonyl (C=O) groups is 2. The first-order valence-electron chi connectivity index (χ1n) is 9.64. The number of amides is 1. The zero-order valence-electron chi connectivity index (χ0n) is 17.1. The minimum Gasteiger partial charge on any atom is -0.445 e. The first-order chi connectivity index (χ1) is 14.4. The van der Waals surface area contributed by atoms with Crippen molar-refractivity contribution in [2.24, 2.45) is 0 Å². The molecule has 1 heterocycles. The van der Waals surface area contributed by atoms with E-state index in [1.165, 1.54) is 13.0 Å². The van der Waals surface area contributed by atoms with Gasteiger partial charge in [-0.15, -0.1) is 0 Å². The highest BCUT2D eigenvalue weighted by Gasteiger charge is 2.20. The van der Waals surface area contributed by atoms with E-state index in [0.29, 0.717) is 17.6 Å². The second-order valence-electron chi connectivity index (χ2n) is 6.86. The average molecular weight is 409 g/mol. The van der Waals surface area contributed by atoms with Gasteiger partial charge in [0, 0.05) is 17.0 Å². The molecule has 2 aromatic carbocycles. The summed E-state index contributed by atoms with van der Waals surface area (Å²) in [6.07, 6.45) is -0.0516. The molecule has 0 saturated carbocycles. The van der Waals surface area contributed by atoms with E-state index >= 15 is 0 Å². The van der Waals surface area contributed by atoms with Crippen molar-refractivity contribution in [3.8, 4) is 5.75 Å². The van der Waals surface area contributed by atoms with Gasteiger partial charge in [0.25, 0.3) is 0 Å². The molecule has 0 aliphatic heterocycles. The van der Waals surface area contributed by atoms with Crippen molar-refractivity contribution < 1.29 is 23.5 Å².